The van der Waals surface area contributed by atoms with Gasteiger partial charge in [-0.05, 0) is 24.1 Å². The molecule has 1 heterocycles. The van der Waals surface area contributed by atoms with E-state index in [0.29, 0.717) is 23.7 Å². The summed E-state index contributed by atoms with van der Waals surface area (Å²) in [4.78, 5) is 13.8. The van der Waals surface area contributed by atoms with E-state index in [1.54, 1.807) is 23.1 Å². The maximum Gasteiger partial charge on any atom is 0.255 e. The van der Waals surface area contributed by atoms with Crippen LogP contribution < -0.4 is 0 Å². The van der Waals surface area contributed by atoms with Crippen LogP contribution in [0.5, 0.6) is 0 Å². The summed E-state index contributed by atoms with van der Waals surface area (Å²) < 4.78 is 0.839. The van der Waals surface area contributed by atoms with Crippen molar-refractivity contribution in [1.29, 1.82) is 0 Å². The quantitative estimate of drug-likeness (QED) is 0.904. The molecule has 1 aromatic rings. The van der Waals surface area contributed by atoms with Crippen LogP contribution in [-0.2, 0) is 0 Å². The molecule has 0 aliphatic carbocycles. The minimum absolute atomic E-state index is 0.127. The lowest BCUT2D eigenvalue weighted by Gasteiger charge is -2.49. The molecule has 0 atom stereocenters. The third kappa shape index (κ3) is 2.42. The van der Waals surface area contributed by atoms with Gasteiger partial charge in [-0.25, -0.2) is 0 Å². The highest BCUT2D eigenvalue weighted by atomic mass is 79.9. The molecule has 0 spiro atoms. The van der Waals surface area contributed by atoms with Crippen molar-refractivity contribution < 1.29 is 9.90 Å². The van der Waals surface area contributed by atoms with Gasteiger partial charge in [-0.2, -0.15) is 0 Å². The van der Waals surface area contributed by atoms with Crippen molar-refractivity contribution >= 4 is 33.4 Å². The molecule has 1 aliphatic heterocycles. The van der Waals surface area contributed by atoms with E-state index in [0.717, 1.165) is 4.47 Å². The maximum absolute atomic E-state index is 12.2. The zero-order valence-electron chi connectivity index (χ0n) is 10.3. The van der Waals surface area contributed by atoms with Gasteiger partial charge in [-0.1, -0.05) is 41.4 Å². The van der Waals surface area contributed by atoms with Crippen LogP contribution in [0.4, 0.5) is 0 Å². The van der Waals surface area contributed by atoms with Crippen molar-refractivity contribution in [2.45, 2.75) is 19.4 Å². The fourth-order valence-electron chi connectivity index (χ4n) is 1.96. The molecule has 2 rings (SSSR count). The Bertz CT molecular complexity index is 484. The second kappa shape index (κ2) is 4.83. The smallest absolute Gasteiger partial charge is 0.255 e. The van der Waals surface area contributed by atoms with Gasteiger partial charge in [-0.15, -0.1) is 0 Å². The lowest BCUT2D eigenvalue weighted by molar-refractivity contribution is -0.110. The molecular formula is C13H15BrClNO2. The Morgan fingerprint density at radius 3 is 2.61 bits per heavy atom. The van der Waals surface area contributed by atoms with Gasteiger partial charge in [0.15, 0.2) is 0 Å². The maximum atomic E-state index is 12.2. The number of hydrogen-bond acceptors (Lipinski definition) is 2. The average Bonchev–Trinajstić information content (AvgIpc) is 2.23. The molecule has 0 saturated carbocycles. The van der Waals surface area contributed by atoms with E-state index in [1.165, 1.54) is 0 Å². The fourth-order valence-corrected chi connectivity index (χ4v) is 2.71. The van der Waals surface area contributed by atoms with E-state index >= 15 is 0 Å². The van der Waals surface area contributed by atoms with Crippen LogP contribution >= 0.6 is 27.5 Å². The summed E-state index contributed by atoms with van der Waals surface area (Å²) in [6, 6.07) is 5.18. The Labute approximate surface area is 120 Å². The van der Waals surface area contributed by atoms with E-state index in [4.69, 9.17) is 11.6 Å². The zero-order valence-corrected chi connectivity index (χ0v) is 12.6. The minimum atomic E-state index is -0.752. The Balaban J connectivity index is 2.11. The zero-order chi connectivity index (χ0) is 13.5. The number of rotatable bonds is 2. The molecule has 0 unspecified atom stereocenters. The number of likely N-dealkylation sites (tertiary alicyclic amines) is 1. The number of carbonyl (C=O) groups is 1. The minimum Gasteiger partial charge on any atom is -0.386 e. The van der Waals surface area contributed by atoms with Gasteiger partial charge in [-0.3, -0.25) is 4.79 Å². The van der Waals surface area contributed by atoms with Crippen molar-refractivity contribution in [2.75, 3.05) is 13.1 Å². The summed E-state index contributed by atoms with van der Waals surface area (Å²) in [6.07, 6.45) is 0. The van der Waals surface area contributed by atoms with Crippen molar-refractivity contribution in [3.05, 3.63) is 33.3 Å². The third-order valence-electron chi connectivity index (χ3n) is 3.45. The van der Waals surface area contributed by atoms with Crippen LogP contribution in [0.25, 0.3) is 0 Å². The molecule has 1 saturated heterocycles. The van der Waals surface area contributed by atoms with Crippen LogP contribution in [0, 0.1) is 5.92 Å². The van der Waals surface area contributed by atoms with Crippen molar-refractivity contribution in [3.8, 4) is 0 Å². The predicted octanol–water partition coefficient (Wildman–Crippen LogP) is 2.95. The van der Waals surface area contributed by atoms with E-state index in [-0.39, 0.29) is 11.8 Å². The topological polar surface area (TPSA) is 40.5 Å². The number of β-amino-alcohol motifs (C(OH)–C–C–N with tert-alkyl or cyclic N) is 1. The number of aliphatic hydroxyl groups is 1. The molecule has 1 N–H and O–H groups in total. The van der Waals surface area contributed by atoms with Crippen LogP contribution in [0.2, 0.25) is 5.02 Å². The largest absolute Gasteiger partial charge is 0.386 e. The standard InChI is InChI=1S/C13H15BrClNO2/c1-8(2)13(18)6-16(7-13)12(17)10-4-3-9(14)5-11(10)15/h3-5,8,18H,6-7H2,1-2H3. The van der Waals surface area contributed by atoms with Crippen LogP contribution in [-0.4, -0.2) is 34.6 Å². The van der Waals surface area contributed by atoms with Gasteiger partial charge in [0.25, 0.3) is 5.91 Å². The Morgan fingerprint density at radius 2 is 2.11 bits per heavy atom. The first-order valence-electron chi connectivity index (χ1n) is 5.80. The molecule has 0 radical (unpaired) electrons. The summed E-state index contributed by atoms with van der Waals surface area (Å²) in [7, 11) is 0. The fraction of sp³-hybridized carbons (Fsp3) is 0.462. The van der Waals surface area contributed by atoms with E-state index in [1.807, 2.05) is 13.8 Å². The molecular weight excluding hydrogens is 318 g/mol. The van der Waals surface area contributed by atoms with E-state index < -0.39 is 5.60 Å². The summed E-state index contributed by atoms with van der Waals surface area (Å²) >= 11 is 9.34. The normalized spacial score (nSPS) is 17.8. The number of carbonyl (C=O) groups excluding carboxylic acids is 1. The highest BCUT2D eigenvalue weighted by Gasteiger charge is 2.46. The second-order valence-electron chi connectivity index (χ2n) is 5.04. The molecule has 1 amide bonds. The van der Waals surface area contributed by atoms with Crippen LogP contribution in [0.3, 0.4) is 0 Å². The lowest BCUT2D eigenvalue weighted by atomic mass is 9.82. The first-order chi connectivity index (χ1) is 8.33. The third-order valence-corrected chi connectivity index (χ3v) is 4.26. The van der Waals surface area contributed by atoms with Crippen LogP contribution in [0.15, 0.2) is 22.7 Å². The first kappa shape index (κ1) is 13.8. The predicted molar refractivity (Wildman–Crippen MR) is 74.8 cm³/mol. The van der Waals surface area contributed by atoms with E-state index in [9.17, 15) is 9.90 Å². The Kier molecular flexibility index (Phi) is 3.72. The molecule has 1 fully saturated rings. The number of hydrogen-bond donors (Lipinski definition) is 1. The second-order valence-corrected chi connectivity index (χ2v) is 6.37. The summed E-state index contributed by atoms with van der Waals surface area (Å²) in [6.45, 7) is 4.65. The molecule has 0 aromatic heterocycles. The highest BCUT2D eigenvalue weighted by molar-refractivity contribution is 9.10. The molecule has 3 nitrogen and oxygen atoms in total. The SMILES string of the molecule is CC(C)C1(O)CN(C(=O)c2ccc(Br)cc2Cl)C1. The summed E-state index contributed by atoms with van der Waals surface area (Å²) in [5.74, 6) is 0.0137. The monoisotopic (exact) mass is 331 g/mol. The summed E-state index contributed by atoms with van der Waals surface area (Å²) in [5, 5.41) is 10.6. The van der Waals surface area contributed by atoms with Gasteiger partial charge in [0, 0.05) is 4.47 Å². The van der Waals surface area contributed by atoms with Gasteiger partial charge in [0.1, 0.15) is 5.60 Å². The van der Waals surface area contributed by atoms with Crippen LogP contribution in [0.1, 0.15) is 24.2 Å². The Morgan fingerprint density at radius 1 is 1.50 bits per heavy atom. The Hall–Kier alpha value is -0.580. The van der Waals surface area contributed by atoms with Gasteiger partial charge in [0.2, 0.25) is 0 Å². The van der Waals surface area contributed by atoms with Crippen molar-refractivity contribution in [2.24, 2.45) is 5.92 Å². The van der Waals surface area contributed by atoms with Gasteiger partial charge < -0.3 is 10.0 Å². The number of amides is 1. The van der Waals surface area contributed by atoms with Crippen molar-refractivity contribution in [1.82, 2.24) is 4.90 Å². The van der Waals surface area contributed by atoms with Gasteiger partial charge >= 0.3 is 0 Å². The van der Waals surface area contributed by atoms with E-state index in [2.05, 4.69) is 15.9 Å². The lowest BCUT2D eigenvalue weighted by Crippen LogP contribution is -2.65. The average molecular weight is 333 g/mol. The number of halogens is 2. The molecule has 1 aromatic carbocycles. The number of nitrogens with zero attached hydrogens (tertiary/aromatic N) is 1. The molecule has 5 heteroatoms. The molecule has 18 heavy (non-hydrogen) atoms. The molecule has 1 aliphatic rings. The molecule has 98 valence electrons. The van der Waals surface area contributed by atoms with Crippen molar-refractivity contribution in [3.63, 3.8) is 0 Å². The first-order valence-corrected chi connectivity index (χ1v) is 6.97. The highest BCUT2D eigenvalue weighted by Crippen LogP contribution is 2.31. The number of benzene rings is 1. The van der Waals surface area contributed by atoms with Gasteiger partial charge in [0.05, 0.1) is 23.7 Å². The summed E-state index contributed by atoms with van der Waals surface area (Å²) in [5.41, 5.74) is -0.275. The molecule has 0 bridgehead atoms.